The summed E-state index contributed by atoms with van der Waals surface area (Å²) in [6, 6.07) is 0. The lowest BCUT2D eigenvalue weighted by Gasteiger charge is -2.21. The van der Waals surface area contributed by atoms with E-state index in [0.29, 0.717) is 25.7 Å². The maximum absolute atomic E-state index is 13.1. The van der Waals surface area contributed by atoms with Crippen LogP contribution >= 0.6 is 15.6 Å². The molecule has 0 aromatic carbocycles. The van der Waals surface area contributed by atoms with Gasteiger partial charge in [-0.05, 0) is 25.7 Å². The first-order valence-electron chi connectivity index (χ1n) is 41.8. The molecule has 588 valence electrons. The quantitative estimate of drug-likeness (QED) is 0.0222. The molecule has 0 saturated heterocycles. The molecule has 0 bridgehead atoms. The fourth-order valence-electron chi connectivity index (χ4n) is 12.5. The first-order valence-corrected chi connectivity index (χ1v) is 44.8. The molecule has 0 fully saturated rings. The zero-order chi connectivity index (χ0) is 72.5. The van der Waals surface area contributed by atoms with E-state index in [1.54, 1.807) is 0 Å². The Bertz CT molecular complexity index is 1880. The molecule has 0 aromatic heterocycles. The summed E-state index contributed by atoms with van der Waals surface area (Å²) in [5, 5.41) is 10.6. The third kappa shape index (κ3) is 74.1. The molecule has 3 N–H and O–H groups in total. The van der Waals surface area contributed by atoms with Gasteiger partial charge in [-0.2, -0.15) is 0 Å². The Balaban J connectivity index is 5.14. The number of rotatable bonds is 81. The van der Waals surface area contributed by atoms with Crippen LogP contribution in [0.2, 0.25) is 0 Å². The molecule has 0 amide bonds. The second-order valence-electron chi connectivity index (χ2n) is 28.8. The van der Waals surface area contributed by atoms with Gasteiger partial charge in [0.1, 0.15) is 19.3 Å². The van der Waals surface area contributed by atoms with Gasteiger partial charge in [-0.1, -0.05) is 381 Å². The largest absolute Gasteiger partial charge is 0.472 e. The maximum Gasteiger partial charge on any atom is 0.472 e. The number of hydrogen-bond donors (Lipinski definition) is 3. The zero-order valence-corrected chi connectivity index (χ0v) is 66.3. The first kappa shape index (κ1) is 97.1. The van der Waals surface area contributed by atoms with Crippen molar-refractivity contribution in [3.8, 4) is 0 Å². The second-order valence-corrected chi connectivity index (χ2v) is 31.7. The third-order valence-electron chi connectivity index (χ3n) is 18.9. The topological polar surface area (TPSA) is 237 Å². The summed E-state index contributed by atoms with van der Waals surface area (Å²) in [5.74, 6) is -2.11. The lowest BCUT2D eigenvalue weighted by molar-refractivity contribution is -0.161. The Kier molecular flexibility index (Phi) is 72.9. The standard InChI is InChI=1S/C80H156O17P2/c1-5-9-13-17-21-24-27-29-31-33-35-37-39-41-43-45-48-51-55-59-63-67-80(85)97-76(71-91-78(83)65-61-57-53-49-47-44-42-40-38-36-34-32-30-28-25-22-18-14-10-6-2)73-95-99(88,89)93-69-74(81)68-92-98(86,87)94-72-75(70-90-77(82)64-60-56-52-20-16-12-8-4)96-79(84)66-62-58-54-50-46-26-23-19-15-11-7-3/h74-76,81H,5-73H2,1-4H3,(H,86,87)(H,88,89)/t74-,75+,76+/m0/s1. The van der Waals surface area contributed by atoms with Crippen molar-refractivity contribution in [1.82, 2.24) is 0 Å². The highest BCUT2D eigenvalue weighted by molar-refractivity contribution is 7.47. The Morgan fingerprint density at radius 1 is 0.242 bits per heavy atom. The molecule has 0 aromatic rings. The minimum atomic E-state index is -4.96. The van der Waals surface area contributed by atoms with Gasteiger partial charge in [0.25, 0.3) is 0 Å². The number of aliphatic hydroxyl groups excluding tert-OH is 1. The van der Waals surface area contributed by atoms with Crippen molar-refractivity contribution in [1.29, 1.82) is 0 Å². The van der Waals surface area contributed by atoms with Crippen LogP contribution in [0.3, 0.4) is 0 Å². The Labute approximate surface area is 607 Å². The molecule has 17 nitrogen and oxygen atoms in total. The summed E-state index contributed by atoms with van der Waals surface area (Å²) in [7, 11) is -9.91. The number of carbonyl (C=O) groups is 4. The van der Waals surface area contributed by atoms with E-state index in [2.05, 4.69) is 27.7 Å². The lowest BCUT2D eigenvalue weighted by Crippen LogP contribution is -2.30. The predicted molar refractivity (Wildman–Crippen MR) is 405 cm³/mol. The summed E-state index contributed by atoms with van der Waals surface area (Å²) < 4.78 is 68.5. The van der Waals surface area contributed by atoms with Crippen molar-refractivity contribution >= 4 is 39.5 Å². The van der Waals surface area contributed by atoms with Crippen molar-refractivity contribution in [3.05, 3.63) is 0 Å². The van der Waals surface area contributed by atoms with Crippen LogP contribution in [-0.2, 0) is 65.4 Å². The summed E-state index contributed by atoms with van der Waals surface area (Å²) in [4.78, 5) is 72.8. The SMILES string of the molecule is CCCCCCCCCCCCCCCCCCCCCCCC(=O)O[C@H](COC(=O)CCCCCCCCCCCCCCCCCCCCCC)COP(=O)(O)OC[C@@H](O)COP(=O)(O)OC[C@@H](COC(=O)CCCCCCCCC)OC(=O)CCCCCCCCCCCCC. The molecule has 0 heterocycles. The van der Waals surface area contributed by atoms with Gasteiger partial charge >= 0.3 is 39.5 Å². The number of unbranched alkanes of at least 4 members (excludes halogenated alkanes) is 55. The van der Waals surface area contributed by atoms with E-state index in [-0.39, 0.29) is 25.7 Å². The van der Waals surface area contributed by atoms with Crippen molar-refractivity contribution in [2.45, 2.75) is 451 Å². The van der Waals surface area contributed by atoms with Crippen LogP contribution in [0, 0.1) is 0 Å². The van der Waals surface area contributed by atoms with Crippen LogP contribution in [0.4, 0.5) is 0 Å². The average molecular weight is 1450 g/mol. The van der Waals surface area contributed by atoms with Crippen LogP contribution in [0.25, 0.3) is 0 Å². The van der Waals surface area contributed by atoms with Gasteiger partial charge in [0, 0.05) is 25.7 Å². The van der Waals surface area contributed by atoms with E-state index in [4.69, 9.17) is 37.0 Å². The Hall–Kier alpha value is -1.94. The first-order chi connectivity index (χ1) is 48.2. The van der Waals surface area contributed by atoms with Crippen molar-refractivity contribution in [3.63, 3.8) is 0 Å². The van der Waals surface area contributed by atoms with Crippen LogP contribution < -0.4 is 0 Å². The van der Waals surface area contributed by atoms with Crippen LogP contribution in [0.5, 0.6) is 0 Å². The number of aliphatic hydroxyl groups is 1. The average Bonchev–Trinajstić information content (AvgIpc) is 1.04. The highest BCUT2D eigenvalue weighted by Crippen LogP contribution is 2.45. The Morgan fingerprint density at radius 2 is 0.404 bits per heavy atom. The predicted octanol–water partition coefficient (Wildman–Crippen LogP) is 24.2. The Morgan fingerprint density at radius 3 is 0.596 bits per heavy atom. The number of hydrogen-bond acceptors (Lipinski definition) is 15. The molecule has 0 radical (unpaired) electrons. The van der Waals surface area contributed by atoms with E-state index in [1.807, 2.05) is 0 Å². The maximum atomic E-state index is 13.1. The highest BCUT2D eigenvalue weighted by Gasteiger charge is 2.30. The van der Waals surface area contributed by atoms with Crippen molar-refractivity contribution in [2.75, 3.05) is 39.6 Å². The third-order valence-corrected chi connectivity index (χ3v) is 20.8. The summed E-state index contributed by atoms with van der Waals surface area (Å²) in [6.07, 6.45) is 67.0. The molecular weight excluding hydrogens is 1290 g/mol. The van der Waals surface area contributed by atoms with Gasteiger partial charge in [-0.25, -0.2) is 9.13 Å². The fraction of sp³-hybridized carbons (Fsp3) is 0.950. The van der Waals surface area contributed by atoms with Gasteiger partial charge in [0.05, 0.1) is 26.4 Å². The minimum absolute atomic E-state index is 0.107. The van der Waals surface area contributed by atoms with E-state index in [1.165, 1.54) is 250 Å². The fourth-order valence-corrected chi connectivity index (χ4v) is 14.0. The molecule has 0 rings (SSSR count). The van der Waals surface area contributed by atoms with Gasteiger partial charge < -0.3 is 33.8 Å². The highest BCUT2D eigenvalue weighted by atomic mass is 31.2. The smallest absolute Gasteiger partial charge is 0.462 e. The number of phosphoric acid groups is 2. The van der Waals surface area contributed by atoms with Crippen LogP contribution in [0.1, 0.15) is 432 Å². The molecule has 99 heavy (non-hydrogen) atoms. The van der Waals surface area contributed by atoms with Gasteiger partial charge in [0.2, 0.25) is 0 Å². The molecule has 2 unspecified atom stereocenters. The molecule has 0 aliphatic rings. The van der Waals surface area contributed by atoms with E-state index in [0.717, 1.165) is 103 Å². The summed E-state index contributed by atoms with van der Waals surface area (Å²) in [6.45, 7) is 4.96. The number of carbonyl (C=O) groups excluding carboxylic acids is 4. The van der Waals surface area contributed by atoms with Crippen LogP contribution in [-0.4, -0.2) is 96.7 Å². The molecule has 0 saturated carbocycles. The van der Waals surface area contributed by atoms with Gasteiger partial charge in [-0.15, -0.1) is 0 Å². The summed E-state index contributed by atoms with van der Waals surface area (Å²) in [5.41, 5.74) is 0. The molecular formula is C80H156O17P2. The molecule has 19 heteroatoms. The molecule has 5 atom stereocenters. The molecule has 0 aliphatic carbocycles. The van der Waals surface area contributed by atoms with Crippen molar-refractivity contribution < 1.29 is 80.2 Å². The normalized spacial score (nSPS) is 13.8. The summed E-state index contributed by atoms with van der Waals surface area (Å²) >= 11 is 0. The van der Waals surface area contributed by atoms with Gasteiger partial charge in [0.15, 0.2) is 12.2 Å². The van der Waals surface area contributed by atoms with Gasteiger partial charge in [-0.3, -0.25) is 37.3 Å². The number of esters is 4. The number of phosphoric ester groups is 2. The monoisotopic (exact) mass is 1450 g/mol. The zero-order valence-electron chi connectivity index (χ0n) is 64.5. The van der Waals surface area contributed by atoms with E-state index < -0.39 is 97.5 Å². The molecule has 0 aliphatic heterocycles. The molecule has 0 spiro atoms. The van der Waals surface area contributed by atoms with E-state index in [9.17, 15) is 43.2 Å². The lowest BCUT2D eigenvalue weighted by atomic mass is 10.0. The number of ether oxygens (including phenoxy) is 4. The van der Waals surface area contributed by atoms with Crippen LogP contribution in [0.15, 0.2) is 0 Å². The van der Waals surface area contributed by atoms with Crippen molar-refractivity contribution in [2.24, 2.45) is 0 Å². The van der Waals surface area contributed by atoms with E-state index >= 15 is 0 Å². The minimum Gasteiger partial charge on any atom is -0.462 e. The second kappa shape index (κ2) is 74.3.